The van der Waals surface area contributed by atoms with Crippen molar-refractivity contribution in [3.63, 3.8) is 0 Å². The minimum absolute atomic E-state index is 0.0174. The number of likely N-dealkylation sites (N-methyl/N-ethyl adjacent to an activating group) is 7. The Morgan fingerprint density at radius 1 is 0.646 bits per heavy atom. The Balaban J connectivity index is 1.43. The SMILES string of the molecule is CC[C@H](C)[C@@H]1NC(=O)[C@H](CC(C)C)N(C)C(=O)C[C@@H](C(=O)N2CCCCC2)N(C)C(=O)[C@H](C(C)C)N(C)C(=O)C2(CCCC2)NC(=O)[C@H](C)N(C)C(=O)[C@H](CCc2ccc(C(F)(F)F)c(Cl)c2)NC(=O)CN(C)C(=O)[C@H](CC2CCCCC2)N(C)C(=O)[C@@H]2CCN2C(=O)[C@H](C)N(C)C1=O. The standard InChI is InChI=1S/C71H110ClF3N12O12/c1-16-44(6)58-67(97)81(11)46(8)62(92)87-36-31-52(87)65(95)83(13)54(39-47-25-19-17-20-26-47)64(94)79(9)41-56(88)76-51(30-28-48-27-29-49(50(72)38-48)71(73,74)75)63(93)80(10)45(7)60(90)78-70(32-21-22-33-70)69(99)85(15)59(43(4)5)68(98)84(14)55(66(96)86-34-23-18-24-35-86)40-57(89)82(12)53(37-42(2)3)61(91)77-58/h27,29,38,42-47,51-55,58-59H,16-26,28,30-37,39-41H2,1-15H3,(H,76,88)(H,77,91)(H,78,90)/t44-,45-,46-,51-,52-,53-,54-,55-,58-,59-/m0/s1. The molecule has 554 valence electrons. The summed E-state index contributed by atoms with van der Waals surface area (Å²) in [5, 5.41) is 7.99. The number of alkyl halides is 3. The van der Waals surface area contributed by atoms with Gasteiger partial charge in [0.15, 0.2) is 0 Å². The Morgan fingerprint density at radius 3 is 1.81 bits per heavy atom. The third-order valence-corrected chi connectivity index (χ3v) is 21.9. The molecule has 0 aromatic heterocycles. The van der Waals surface area contributed by atoms with Crippen molar-refractivity contribution < 1.29 is 70.7 Å². The molecule has 10 atom stereocenters. The maximum Gasteiger partial charge on any atom is 0.417 e. The van der Waals surface area contributed by atoms with Crippen molar-refractivity contribution in [1.82, 2.24) is 60.0 Å². The van der Waals surface area contributed by atoms with Crippen LogP contribution in [-0.4, -0.2) is 250 Å². The lowest BCUT2D eigenvalue weighted by Crippen LogP contribution is -2.65. The van der Waals surface area contributed by atoms with Crippen LogP contribution in [-0.2, 0) is 70.1 Å². The maximum atomic E-state index is 15.4. The van der Waals surface area contributed by atoms with E-state index in [4.69, 9.17) is 11.6 Å². The highest BCUT2D eigenvalue weighted by atomic mass is 35.5. The number of nitrogens with zero attached hydrogens (tertiary/aromatic N) is 9. The first-order valence-electron chi connectivity index (χ1n) is 35.6. The highest BCUT2D eigenvalue weighted by Crippen LogP contribution is 2.37. The van der Waals surface area contributed by atoms with Crippen LogP contribution < -0.4 is 16.0 Å². The van der Waals surface area contributed by atoms with E-state index in [2.05, 4.69) is 16.0 Å². The summed E-state index contributed by atoms with van der Waals surface area (Å²) in [5.41, 5.74) is -2.41. The van der Waals surface area contributed by atoms with Gasteiger partial charge in [-0.1, -0.05) is 111 Å². The molecule has 3 heterocycles. The molecule has 6 rings (SSSR count). The van der Waals surface area contributed by atoms with Gasteiger partial charge in [0.1, 0.15) is 59.9 Å². The van der Waals surface area contributed by atoms with Gasteiger partial charge in [-0.25, -0.2) is 0 Å². The first-order chi connectivity index (χ1) is 46.4. The second-order valence-corrected chi connectivity index (χ2v) is 29.8. The number of likely N-dealkylation sites (tertiary alicyclic amines) is 1. The lowest BCUT2D eigenvalue weighted by molar-refractivity contribution is -0.160. The van der Waals surface area contributed by atoms with Crippen LogP contribution >= 0.6 is 11.6 Å². The average Bonchev–Trinajstić information content (AvgIpc) is 1.17. The molecule has 0 unspecified atom stereocenters. The lowest BCUT2D eigenvalue weighted by atomic mass is 9.84. The summed E-state index contributed by atoms with van der Waals surface area (Å²) in [6, 6.07) is -8.14. The molecule has 0 bridgehead atoms. The monoisotopic (exact) mass is 1410 g/mol. The molecular weight excluding hydrogens is 1310 g/mol. The summed E-state index contributed by atoms with van der Waals surface area (Å²) in [4.78, 5) is 190. The molecule has 2 aliphatic carbocycles. The Morgan fingerprint density at radius 2 is 1.25 bits per heavy atom. The molecule has 3 aliphatic heterocycles. The van der Waals surface area contributed by atoms with Crippen LogP contribution in [0.1, 0.15) is 182 Å². The number of halogens is 4. The molecule has 0 radical (unpaired) electrons. The van der Waals surface area contributed by atoms with Gasteiger partial charge in [0.25, 0.3) is 0 Å². The van der Waals surface area contributed by atoms with Gasteiger partial charge in [-0.3, -0.25) is 57.5 Å². The van der Waals surface area contributed by atoms with Gasteiger partial charge in [0, 0.05) is 69.0 Å². The second-order valence-electron chi connectivity index (χ2n) is 29.4. The van der Waals surface area contributed by atoms with E-state index in [0.717, 1.165) is 60.5 Å². The molecule has 1 aromatic rings. The molecule has 5 aliphatic rings. The number of benzene rings is 1. The van der Waals surface area contributed by atoms with Gasteiger partial charge < -0.3 is 60.0 Å². The number of piperidine rings is 1. The predicted octanol–water partition coefficient (Wildman–Crippen LogP) is 5.89. The lowest BCUT2D eigenvalue weighted by Gasteiger charge is -2.45. The summed E-state index contributed by atoms with van der Waals surface area (Å²) in [6.45, 7) is 13.9. The number of carbonyl (C=O) groups excluding carboxylic acids is 12. The molecule has 5 fully saturated rings. The highest BCUT2D eigenvalue weighted by Gasteiger charge is 2.51. The number of aryl methyl sites for hydroxylation is 1. The van der Waals surface area contributed by atoms with Crippen molar-refractivity contribution in [2.75, 3.05) is 75.5 Å². The molecule has 1 spiro atoms. The molecule has 28 heteroatoms. The average molecular weight is 1420 g/mol. The van der Waals surface area contributed by atoms with Crippen LogP contribution in [0.2, 0.25) is 5.02 Å². The number of fused-ring (bicyclic) bond motifs is 1. The summed E-state index contributed by atoms with van der Waals surface area (Å²) in [5.74, 6) is -9.22. The predicted molar refractivity (Wildman–Crippen MR) is 366 cm³/mol. The third-order valence-electron chi connectivity index (χ3n) is 21.6. The zero-order chi connectivity index (χ0) is 73.9. The molecule has 24 nitrogen and oxygen atoms in total. The maximum absolute atomic E-state index is 15.4. The number of nitrogens with one attached hydrogen (secondary N) is 3. The van der Waals surface area contributed by atoms with E-state index in [1.54, 1.807) is 25.7 Å². The van der Waals surface area contributed by atoms with E-state index in [-0.39, 0.29) is 68.9 Å². The molecule has 12 amide bonds. The molecule has 3 N–H and O–H groups in total. The number of amides is 12. The van der Waals surface area contributed by atoms with Gasteiger partial charge in [0.05, 0.1) is 23.6 Å². The van der Waals surface area contributed by atoms with Crippen LogP contribution in [0.5, 0.6) is 0 Å². The summed E-state index contributed by atoms with van der Waals surface area (Å²) in [7, 11) is 9.85. The molecule has 3 saturated heterocycles. The van der Waals surface area contributed by atoms with Gasteiger partial charge in [-0.15, -0.1) is 0 Å². The highest BCUT2D eigenvalue weighted by molar-refractivity contribution is 6.31. The minimum Gasteiger partial charge on any atom is -0.343 e. The number of rotatable bonds is 11. The molecule has 1 aromatic carbocycles. The van der Waals surface area contributed by atoms with E-state index in [0.29, 0.717) is 45.2 Å². The summed E-state index contributed by atoms with van der Waals surface area (Å²) < 4.78 is 41.5. The van der Waals surface area contributed by atoms with Crippen molar-refractivity contribution >= 4 is 82.5 Å². The van der Waals surface area contributed by atoms with E-state index in [9.17, 15) is 61.1 Å². The Hall–Kier alpha value is -7.06. The van der Waals surface area contributed by atoms with E-state index >= 15 is 9.59 Å². The quantitative estimate of drug-likeness (QED) is 0.234. The van der Waals surface area contributed by atoms with Gasteiger partial charge in [0.2, 0.25) is 70.9 Å². The first kappa shape index (κ1) is 80.9. The van der Waals surface area contributed by atoms with Crippen LogP contribution in [0, 0.1) is 23.7 Å². The fourth-order valence-corrected chi connectivity index (χ4v) is 15.0. The van der Waals surface area contributed by atoms with Crippen molar-refractivity contribution in [3.05, 3.63) is 34.3 Å². The minimum atomic E-state index is -4.76. The molecular formula is C71H110ClF3N12O12. The van der Waals surface area contributed by atoms with E-state index < -0.39 is 172 Å². The normalized spacial score (nSPS) is 27.4. The van der Waals surface area contributed by atoms with Crippen molar-refractivity contribution in [1.29, 1.82) is 0 Å². The fraction of sp³-hybridized carbons (Fsp3) is 0.746. The van der Waals surface area contributed by atoms with Crippen molar-refractivity contribution in [2.24, 2.45) is 23.7 Å². The largest absolute Gasteiger partial charge is 0.417 e. The zero-order valence-electron chi connectivity index (χ0n) is 60.9. The Bertz CT molecular complexity index is 3100. The topological polar surface area (TPSA) is 270 Å². The zero-order valence-corrected chi connectivity index (χ0v) is 61.7. The number of carbonyl (C=O) groups is 12. The van der Waals surface area contributed by atoms with Gasteiger partial charge in [-0.05, 0) is 119 Å². The molecule has 2 saturated carbocycles. The fourth-order valence-electron chi connectivity index (χ4n) is 14.6. The van der Waals surface area contributed by atoms with Crippen LogP contribution in [0.4, 0.5) is 13.2 Å². The molecule has 99 heavy (non-hydrogen) atoms. The Labute approximate surface area is 587 Å². The van der Waals surface area contributed by atoms with Crippen molar-refractivity contribution in [2.45, 2.75) is 243 Å². The van der Waals surface area contributed by atoms with Gasteiger partial charge >= 0.3 is 6.18 Å². The Kier molecular flexibility index (Phi) is 28.6. The number of hydrogen-bond acceptors (Lipinski definition) is 12. The number of hydrogen-bond donors (Lipinski definition) is 3. The van der Waals surface area contributed by atoms with Crippen LogP contribution in [0.25, 0.3) is 0 Å². The van der Waals surface area contributed by atoms with Crippen molar-refractivity contribution in [3.8, 4) is 0 Å². The van der Waals surface area contributed by atoms with E-state index in [1.165, 1.54) is 98.6 Å². The summed E-state index contributed by atoms with van der Waals surface area (Å²) >= 11 is 6.13. The third kappa shape index (κ3) is 19.5. The first-order valence-corrected chi connectivity index (χ1v) is 36.0. The smallest absolute Gasteiger partial charge is 0.343 e. The van der Waals surface area contributed by atoms with E-state index in [1.807, 2.05) is 20.8 Å². The van der Waals surface area contributed by atoms with Gasteiger partial charge in [-0.2, -0.15) is 13.2 Å². The van der Waals surface area contributed by atoms with Crippen LogP contribution in [0.15, 0.2) is 18.2 Å². The van der Waals surface area contributed by atoms with Crippen LogP contribution in [0.3, 0.4) is 0 Å². The summed E-state index contributed by atoms with van der Waals surface area (Å²) in [6.07, 6.45) is 3.09. The second kappa shape index (κ2) is 35.0.